The molecule has 0 saturated carbocycles. The summed E-state index contributed by atoms with van der Waals surface area (Å²) >= 11 is 7.06. The van der Waals surface area contributed by atoms with Gasteiger partial charge in [-0.05, 0) is 31.4 Å². The molecule has 2 heterocycles. The Morgan fingerprint density at radius 2 is 2.00 bits per heavy atom. The molecule has 8 heteroatoms. The topological polar surface area (TPSA) is 75.7 Å². The maximum atomic E-state index is 12.3. The summed E-state index contributed by atoms with van der Waals surface area (Å²) in [5.41, 5.74) is 0. The minimum absolute atomic E-state index is 0.0278. The van der Waals surface area contributed by atoms with Gasteiger partial charge in [-0.15, -0.1) is 11.3 Å². The van der Waals surface area contributed by atoms with Crippen molar-refractivity contribution >= 4 is 40.5 Å². The molecule has 0 atom stereocenters. The van der Waals surface area contributed by atoms with Crippen LogP contribution in [0.4, 0.5) is 0 Å². The molecule has 1 saturated heterocycles. The van der Waals surface area contributed by atoms with Crippen LogP contribution in [0.25, 0.3) is 0 Å². The summed E-state index contributed by atoms with van der Waals surface area (Å²) in [5.74, 6) is -0.0741. The number of carbonyl (C=O) groups is 3. The third-order valence-electron chi connectivity index (χ3n) is 4.46. The number of ketones is 1. The summed E-state index contributed by atoms with van der Waals surface area (Å²) in [7, 11) is 1.64. The fraction of sp³-hybridized carbons (Fsp3) is 0.611. The number of nitrogens with one attached hydrogen (secondary N) is 1. The van der Waals surface area contributed by atoms with Crippen molar-refractivity contribution < 1.29 is 19.1 Å². The molecule has 1 aliphatic rings. The van der Waals surface area contributed by atoms with Crippen molar-refractivity contribution in [2.75, 3.05) is 33.4 Å². The first-order valence-corrected chi connectivity index (χ1v) is 10.0. The van der Waals surface area contributed by atoms with E-state index in [0.717, 1.165) is 6.42 Å². The molecule has 144 valence electrons. The zero-order valence-corrected chi connectivity index (χ0v) is 16.5. The van der Waals surface area contributed by atoms with Gasteiger partial charge >= 0.3 is 0 Å². The SMILES string of the molecule is COCCCNC(=O)C1CCN(C(=O)CCC(=O)c2ccc(Cl)s2)CC1. The molecular weight excluding hydrogens is 376 g/mol. The molecule has 1 aliphatic heterocycles. The normalized spacial score (nSPS) is 15.1. The molecule has 0 bridgehead atoms. The van der Waals surface area contributed by atoms with Crippen LogP contribution in [0.5, 0.6) is 0 Å². The molecule has 0 spiro atoms. The summed E-state index contributed by atoms with van der Waals surface area (Å²) in [6.45, 7) is 2.37. The number of rotatable bonds is 9. The lowest BCUT2D eigenvalue weighted by molar-refractivity contribution is -0.135. The maximum Gasteiger partial charge on any atom is 0.223 e. The standard InChI is InChI=1S/C18H25ClN2O4S/c1-25-12-2-9-20-18(24)13-7-10-21(11-8-13)17(23)6-3-14(22)15-4-5-16(19)26-15/h4-5,13H,2-3,6-12H2,1H3,(H,20,24). The molecule has 1 aromatic rings. The quantitative estimate of drug-likeness (QED) is 0.510. The minimum Gasteiger partial charge on any atom is -0.385 e. The van der Waals surface area contributed by atoms with E-state index in [-0.39, 0.29) is 36.4 Å². The van der Waals surface area contributed by atoms with Crippen LogP contribution in [0.2, 0.25) is 4.34 Å². The Balaban J connectivity index is 1.67. The van der Waals surface area contributed by atoms with Crippen molar-refractivity contribution in [2.45, 2.75) is 32.1 Å². The van der Waals surface area contributed by atoms with Gasteiger partial charge in [0.05, 0.1) is 9.21 Å². The highest BCUT2D eigenvalue weighted by atomic mass is 35.5. The summed E-state index contributed by atoms with van der Waals surface area (Å²) in [5, 5.41) is 2.91. The minimum atomic E-state index is -0.0550. The fourth-order valence-corrected chi connectivity index (χ4v) is 3.94. The number of thiophene rings is 1. The number of hydrogen-bond acceptors (Lipinski definition) is 5. The predicted molar refractivity (Wildman–Crippen MR) is 102 cm³/mol. The van der Waals surface area contributed by atoms with E-state index < -0.39 is 0 Å². The Bertz CT molecular complexity index is 626. The number of nitrogens with zero attached hydrogens (tertiary/aromatic N) is 1. The van der Waals surface area contributed by atoms with Gasteiger partial charge in [0.1, 0.15) is 0 Å². The summed E-state index contributed by atoms with van der Waals surface area (Å²) in [6.07, 6.45) is 2.51. The largest absolute Gasteiger partial charge is 0.385 e. The number of piperidine rings is 1. The van der Waals surface area contributed by atoms with E-state index in [2.05, 4.69) is 5.32 Å². The van der Waals surface area contributed by atoms with E-state index >= 15 is 0 Å². The highest BCUT2D eigenvalue weighted by Gasteiger charge is 2.27. The van der Waals surface area contributed by atoms with Crippen LogP contribution in [0, 0.1) is 5.92 Å². The number of Topliss-reactive ketones (excluding diaryl/α,β-unsaturated/α-hetero) is 1. The van der Waals surface area contributed by atoms with Gasteiger partial charge < -0.3 is 15.0 Å². The average Bonchev–Trinajstić information content (AvgIpc) is 3.09. The Morgan fingerprint density at radius 1 is 1.27 bits per heavy atom. The van der Waals surface area contributed by atoms with Gasteiger partial charge in [-0.2, -0.15) is 0 Å². The Labute approximate surface area is 162 Å². The number of ether oxygens (including phenoxy) is 1. The smallest absolute Gasteiger partial charge is 0.223 e. The first-order valence-electron chi connectivity index (χ1n) is 8.84. The molecule has 0 unspecified atom stereocenters. The van der Waals surface area contributed by atoms with Crippen LogP contribution in [0.3, 0.4) is 0 Å². The lowest BCUT2D eigenvalue weighted by Gasteiger charge is -2.31. The second-order valence-corrected chi connectivity index (χ2v) is 8.03. The predicted octanol–water partition coefficient (Wildman–Crippen LogP) is 2.76. The van der Waals surface area contributed by atoms with Crippen LogP contribution in [0.15, 0.2) is 12.1 Å². The molecule has 1 fully saturated rings. The second-order valence-electron chi connectivity index (χ2n) is 6.32. The monoisotopic (exact) mass is 400 g/mol. The van der Waals surface area contributed by atoms with Crippen molar-refractivity contribution in [3.8, 4) is 0 Å². The maximum absolute atomic E-state index is 12.3. The zero-order chi connectivity index (χ0) is 18.9. The average molecular weight is 401 g/mol. The summed E-state index contributed by atoms with van der Waals surface area (Å²) in [6, 6.07) is 3.38. The van der Waals surface area contributed by atoms with Gasteiger partial charge in [-0.3, -0.25) is 14.4 Å². The van der Waals surface area contributed by atoms with Crippen LogP contribution in [0.1, 0.15) is 41.8 Å². The van der Waals surface area contributed by atoms with E-state index in [1.807, 2.05) is 0 Å². The number of methoxy groups -OCH3 is 1. The second kappa shape index (κ2) is 10.6. The molecule has 26 heavy (non-hydrogen) atoms. The van der Waals surface area contributed by atoms with Crippen LogP contribution in [-0.4, -0.2) is 55.8 Å². The number of likely N-dealkylation sites (tertiary alicyclic amines) is 1. The van der Waals surface area contributed by atoms with E-state index in [1.54, 1.807) is 24.1 Å². The molecule has 0 aliphatic carbocycles. The molecular formula is C18H25ClN2O4S. The molecule has 0 radical (unpaired) electrons. The van der Waals surface area contributed by atoms with Gasteiger partial charge in [0.25, 0.3) is 0 Å². The van der Waals surface area contributed by atoms with Gasteiger partial charge in [-0.25, -0.2) is 0 Å². The molecule has 6 nitrogen and oxygen atoms in total. The van der Waals surface area contributed by atoms with E-state index in [4.69, 9.17) is 16.3 Å². The van der Waals surface area contributed by atoms with Crippen LogP contribution < -0.4 is 5.32 Å². The molecule has 2 rings (SSSR count). The first-order chi connectivity index (χ1) is 12.5. The third kappa shape index (κ3) is 6.37. The van der Waals surface area contributed by atoms with Gasteiger partial charge in [0.15, 0.2) is 5.78 Å². The van der Waals surface area contributed by atoms with E-state index in [1.165, 1.54) is 11.3 Å². The number of carbonyl (C=O) groups excluding carboxylic acids is 3. The lowest BCUT2D eigenvalue weighted by atomic mass is 9.95. The first kappa shape index (κ1) is 20.9. The van der Waals surface area contributed by atoms with E-state index in [9.17, 15) is 14.4 Å². The number of hydrogen-bond donors (Lipinski definition) is 1. The summed E-state index contributed by atoms with van der Waals surface area (Å²) < 4.78 is 5.52. The van der Waals surface area contributed by atoms with Gasteiger partial charge in [0, 0.05) is 52.1 Å². The molecule has 1 N–H and O–H groups in total. The van der Waals surface area contributed by atoms with Crippen LogP contribution in [-0.2, 0) is 14.3 Å². The molecule has 2 amide bonds. The highest BCUT2D eigenvalue weighted by Crippen LogP contribution is 2.23. The third-order valence-corrected chi connectivity index (χ3v) is 5.73. The van der Waals surface area contributed by atoms with Crippen molar-refractivity contribution in [1.29, 1.82) is 0 Å². The Hall–Kier alpha value is -1.44. The van der Waals surface area contributed by atoms with E-state index in [0.29, 0.717) is 48.3 Å². The van der Waals surface area contributed by atoms with Crippen molar-refractivity contribution in [3.05, 3.63) is 21.3 Å². The van der Waals surface area contributed by atoms with Crippen molar-refractivity contribution in [1.82, 2.24) is 10.2 Å². The van der Waals surface area contributed by atoms with Crippen molar-refractivity contribution in [3.63, 3.8) is 0 Å². The van der Waals surface area contributed by atoms with Crippen LogP contribution >= 0.6 is 22.9 Å². The zero-order valence-electron chi connectivity index (χ0n) is 15.0. The number of amides is 2. The Kier molecular flexibility index (Phi) is 8.54. The summed E-state index contributed by atoms with van der Waals surface area (Å²) in [4.78, 5) is 38.8. The van der Waals surface area contributed by atoms with Crippen molar-refractivity contribution in [2.24, 2.45) is 5.92 Å². The van der Waals surface area contributed by atoms with Gasteiger partial charge in [-0.1, -0.05) is 11.6 Å². The Morgan fingerprint density at radius 3 is 2.62 bits per heavy atom. The number of halogens is 1. The fourth-order valence-electron chi connectivity index (χ4n) is 2.93. The van der Waals surface area contributed by atoms with Gasteiger partial charge in [0.2, 0.25) is 11.8 Å². The molecule has 0 aromatic carbocycles. The lowest BCUT2D eigenvalue weighted by Crippen LogP contribution is -2.43. The highest BCUT2D eigenvalue weighted by molar-refractivity contribution is 7.18. The molecule has 1 aromatic heterocycles.